The molecule has 0 unspecified atom stereocenters. The van der Waals surface area contributed by atoms with E-state index in [1.165, 1.54) is 0 Å². The number of nitrogens with zero attached hydrogens (tertiary/aromatic N) is 2. The minimum absolute atomic E-state index is 0.0939. The molecule has 0 aromatic carbocycles. The van der Waals surface area contributed by atoms with E-state index in [0.29, 0.717) is 0 Å². The van der Waals surface area contributed by atoms with Crippen molar-refractivity contribution < 1.29 is 17.9 Å². The lowest BCUT2D eigenvalue weighted by Gasteiger charge is -2.08. The van der Waals surface area contributed by atoms with Gasteiger partial charge in [-0.3, -0.25) is 0 Å². The van der Waals surface area contributed by atoms with E-state index in [0.717, 1.165) is 17.8 Å². The van der Waals surface area contributed by atoms with Crippen LogP contribution in [0.3, 0.4) is 0 Å². The Labute approximate surface area is 86.6 Å². The highest BCUT2D eigenvalue weighted by molar-refractivity contribution is 7.98. The molecule has 1 rings (SSSR count). The summed E-state index contributed by atoms with van der Waals surface area (Å²) in [5, 5.41) is 0.0281. The Morgan fingerprint density at radius 1 is 1.43 bits per heavy atom. The van der Waals surface area contributed by atoms with Gasteiger partial charge < -0.3 is 4.74 Å². The summed E-state index contributed by atoms with van der Waals surface area (Å²) in [6, 6.07) is 0.898. The average molecular weight is 245 g/mol. The summed E-state index contributed by atoms with van der Waals surface area (Å²) in [6.45, 7) is 0. The van der Waals surface area contributed by atoms with Crippen LogP contribution in [0.15, 0.2) is 11.2 Å². The minimum Gasteiger partial charge on any atom is -0.388 e. The monoisotopic (exact) mass is 244 g/mol. The second kappa shape index (κ2) is 4.22. The highest BCUT2D eigenvalue weighted by atomic mass is 35.5. The van der Waals surface area contributed by atoms with Gasteiger partial charge in [0.1, 0.15) is 5.15 Å². The van der Waals surface area contributed by atoms with E-state index in [4.69, 9.17) is 11.6 Å². The topological polar surface area (TPSA) is 35.0 Å². The second-order valence-corrected chi connectivity index (χ2v) is 3.22. The van der Waals surface area contributed by atoms with Gasteiger partial charge in [-0.05, 0) is 6.26 Å². The third kappa shape index (κ3) is 3.59. The van der Waals surface area contributed by atoms with E-state index in [9.17, 15) is 13.2 Å². The van der Waals surface area contributed by atoms with Crippen LogP contribution in [0.25, 0.3) is 0 Å². The van der Waals surface area contributed by atoms with Gasteiger partial charge in [-0.1, -0.05) is 23.4 Å². The molecule has 0 amide bonds. The normalized spacial score (nSPS) is 11.5. The molecule has 0 N–H and O–H groups in total. The first-order valence-electron chi connectivity index (χ1n) is 3.25. The van der Waals surface area contributed by atoms with E-state index in [2.05, 4.69) is 14.7 Å². The Morgan fingerprint density at radius 3 is 2.57 bits per heavy atom. The third-order valence-corrected chi connectivity index (χ3v) is 1.80. The van der Waals surface area contributed by atoms with Crippen LogP contribution in [0.5, 0.6) is 5.88 Å². The zero-order valence-corrected chi connectivity index (χ0v) is 8.37. The zero-order valence-electron chi connectivity index (χ0n) is 6.80. The van der Waals surface area contributed by atoms with Crippen molar-refractivity contribution in [3.63, 3.8) is 0 Å². The summed E-state index contributed by atoms with van der Waals surface area (Å²) >= 11 is 6.51. The van der Waals surface area contributed by atoms with Crippen LogP contribution in [0.4, 0.5) is 13.2 Å². The van der Waals surface area contributed by atoms with Gasteiger partial charge in [-0.15, -0.1) is 13.2 Å². The number of rotatable bonds is 2. The smallest absolute Gasteiger partial charge is 0.388 e. The van der Waals surface area contributed by atoms with Crippen molar-refractivity contribution >= 4 is 23.4 Å². The molecule has 0 spiro atoms. The number of aromatic nitrogens is 2. The van der Waals surface area contributed by atoms with Crippen LogP contribution in [0.2, 0.25) is 5.15 Å². The molecule has 0 saturated heterocycles. The minimum atomic E-state index is -4.77. The summed E-state index contributed by atoms with van der Waals surface area (Å²) in [7, 11) is 0. The highest BCUT2D eigenvalue weighted by Gasteiger charge is 2.32. The van der Waals surface area contributed by atoms with Crippen LogP contribution < -0.4 is 4.74 Å². The molecule has 0 atom stereocenters. The van der Waals surface area contributed by atoms with Crippen LogP contribution in [0, 0.1) is 0 Å². The SMILES string of the molecule is CSc1nc(Cl)cc(OC(F)(F)F)n1. The van der Waals surface area contributed by atoms with Gasteiger partial charge in [0.25, 0.3) is 0 Å². The standard InChI is InChI=1S/C6H4ClF3N2OS/c1-14-5-11-3(7)2-4(12-5)13-6(8,9)10/h2H,1H3. The molecule has 3 nitrogen and oxygen atoms in total. The van der Waals surface area contributed by atoms with Gasteiger partial charge in [0.05, 0.1) is 0 Å². The molecule has 0 aliphatic carbocycles. The fourth-order valence-electron chi connectivity index (χ4n) is 0.639. The Balaban J connectivity index is 2.92. The molecule has 0 saturated carbocycles. The molecule has 0 bridgehead atoms. The van der Waals surface area contributed by atoms with Gasteiger partial charge in [0, 0.05) is 6.07 Å². The number of thioether (sulfide) groups is 1. The quantitative estimate of drug-likeness (QED) is 0.455. The molecular formula is C6H4ClF3N2OS. The predicted octanol–water partition coefficient (Wildman–Crippen LogP) is 2.75. The zero-order chi connectivity index (χ0) is 10.8. The molecule has 78 valence electrons. The molecular weight excluding hydrogens is 241 g/mol. The summed E-state index contributed by atoms with van der Waals surface area (Å²) in [5.74, 6) is -0.609. The maximum atomic E-state index is 11.8. The molecule has 0 fully saturated rings. The van der Waals surface area contributed by atoms with Crippen molar-refractivity contribution in [1.29, 1.82) is 0 Å². The van der Waals surface area contributed by atoms with E-state index >= 15 is 0 Å². The largest absolute Gasteiger partial charge is 0.574 e. The van der Waals surface area contributed by atoms with Gasteiger partial charge in [0.15, 0.2) is 5.16 Å². The lowest BCUT2D eigenvalue weighted by Crippen LogP contribution is -2.18. The highest BCUT2D eigenvalue weighted by Crippen LogP contribution is 2.24. The first-order valence-corrected chi connectivity index (χ1v) is 4.85. The fraction of sp³-hybridized carbons (Fsp3) is 0.333. The summed E-state index contributed by atoms with van der Waals surface area (Å²) in [4.78, 5) is 7.11. The third-order valence-electron chi connectivity index (χ3n) is 1.05. The Morgan fingerprint density at radius 2 is 2.07 bits per heavy atom. The Kier molecular flexibility index (Phi) is 3.43. The van der Waals surface area contributed by atoms with Crippen molar-refractivity contribution in [1.82, 2.24) is 9.97 Å². The van der Waals surface area contributed by atoms with Crippen molar-refractivity contribution in [3.8, 4) is 5.88 Å². The average Bonchev–Trinajstić information content (AvgIpc) is 1.99. The predicted molar refractivity (Wildman–Crippen MR) is 45.5 cm³/mol. The summed E-state index contributed by atoms with van der Waals surface area (Å²) in [6.07, 6.45) is -3.16. The fourth-order valence-corrected chi connectivity index (χ4v) is 1.23. The maximum Gasteiger partial charge on any atom is 0.574 e. The van der Waals surface area contributed by atoms with E-state index < -0.39 is 12.2 Å². The lowest BCUT2D eigenvalue weighted by atomic mass is 10.6. The first kappa shape index (κ1) is 11.4. The van der Waals surface area contributed by atoms with Crippen LogP contribution >= 0.6 is 23.4 Å². The molecule has 1 heterocycles. The Bertz CT molecular complexity index is 333. The van der Waals surface area contributed by atoms with E-state index in [1.54, 1.807) is 6.26 Å². The number of halogens is 4. The lowest BCUT2D eigenvalue weighted by molar-refractivity contribution is -0.276. The number of alkyl halides is 3. The van der Waals surface area contributed by atoms with Crippen LogP contribution in [0.1, 0.15) is 0 Å². The first-order chi connectivity index (χ1) is 6.40. The Hall–Kier alpha value is -0.690. The second-order valence-electron chi connectivity index (χ2n) is 2.06. The maximum absolute atomic E-state index is 11.8. The van der Waals surface area contributed by atoms with Crippen LogP contribution in [-0.4, -0.2) is 22.6 Å². The summed E-state index contributed by atoms with van der Waals surface area (Å²) in [5.41, 5.74) is 0. The van der Waals surface area contributed by atoms with Gasteiger partial charge in [-0.2, -0.15) is 4.98 Å². The van der Waals surface area contributed by atoms with Crippen LogP contribution in [-0.2, 0) is 0 Å². The molecule has 0 aliphatic rings. The van der Waals surface area contributed by atoms with Gasteiger partial charge in [0.2, 0.25) is 5.88 Å². The van der Waals surface area contributed by atoms with E-state index in [1.807, 2.05) is 0 Å². The van der Waals surface area contributed by atoms with Crippen molar-refractivity contribution in [2.24, 2.45) is 0 Å². The molecule has 14 heavy (non-hydrogen) atoms. The summed E-state index contributed by atoms with van der Waals surface area (Å²) < 4.78 is 38.9. The molecule has 1 aromatic rings. The van der Waals surface area contributed by atoms with Crippen molar-refractivity contribution in [2.75, 3.05) is 6.26 Å². The molecule has 0 aliphatic heterocycles. The number of ether oxygens (including phenoxy) is 1. The molecule has 0 radical (unpaired) electrons. The molecule has 8 heteroatoms. The van der Waals surface area contributed by atoms with E-state index in [-0.39, 0.29) is 10.3 Å². The molecule has 1 aromatic heterocycles. The van der Waals surface area contributed by atoms with Crippen molar-refractivity contribution in [3.05, 3.63) is 11.2 Å². The van der Waals surface area contributed by atoms with Crippen molar-refractivity contribution in [2.45, 2.75) is 11.5 Å². The van der Waals surface area contributed by atoms with Gasteiger partial charge in [-0.25, -0.2) is 4.98 Å². The number of hydrogen-bond donors (Lipinski definition) is 0. The number of hydrogen-bond acceptors (Lipinski definition) is 4. The van der Waals surface area contributed by atoms with Gasteiger partial charge >= 0.3 is 6.36 Å².